The number of nitrogens with zero attached hydrogens (tertiary/aromatic N) is 1. The van der Waals surface area contributed by atoms with Gasteiger partial charge < -0.3 is 16.0 Å². The van der Waals surface area contributed by atoms with E-state index in [0.717, 1.165) is 0 Å². The third kappa shape index (κ3) is 5.80. The molecule has 0 aliphatic carbocycles. The molecule has 0 unspecified atom stereocenters. The first-order valence-corrected chi connectivity index (χ1v) is 12.5. The zero-order valence-electron chi connectivity index (χ0n) is 19.4. The number of anilines is 2. The van der Waals surface area contributed by atoms with Crippen LogP contribution < -0.4 is 16.0 Å². The minimum atomic E-state index is -0.701. The largest absolute Gasteiger partial charge is 0.353 e. The topological polar surface area (TPSA) is 94.0 Å². The van der Waals surface area contributed by atoms with Crippen LogP contribution in [0.25, 0.3) is 0 Å². The smallest absolute Gasteiger partial charge is 0.254 e. The van der Waals surface area contributed by atoms with Gasteiger partial charge in [0.25, 0.3) is 5.91 Å². The summed E-state index contributed by atoms with van der Waals surface area (Å²) in [5.74, 6) is -1.17. The SMILES string of the molecule is CC1=C(C(=O)Nc2ccccc2)[C@H](c2ccccc2Cl)C(C#N)=C(SCC(=O)Nc2ccccc2)N1. The monoisotopic (exact) mass is 514 g/mol. The molecular weight excluding hydrogens is 492 g/mol. The van der Waals surface area contributed by atoms with Crippen LogP contribution in [0.5, 0.6) is 0 Å². The van der Waals surface area contributed by atoms with E-state index >= 15 is 0 Å². The number of carbonyl (C=O) groups is 2. The molecule has 0 saturated carbocycles. The van der Waals surface area contributed by atoms with Gasteiger partial charge >= 0.3 is 0 Å². The van der Waals surface area contributed by atoms with E-state index in [1.54, 1.807) is 43.3 Å². The van der Waals surface area contributed by atoms with Crippen LogP contribution in [0.1, 0.15) is 18.4 Å². The fraction of sp³-hybridized carbons (Fsp3) is 0.107. The Bertz CT molecular complexity index is 1380. The third-order valence-electron chi connectivity index (χ3n) is 5.55. The summed E-state index contributed by atoms with van der Waals surface area (Å²) in [7, 11) is 0. The molecule has 180 valence electrons. The lowest BCUT2D eigenvalue weighted by Crippen LogP contribution is -2.31. The fourth-order valence-electron chi connectivity index (χ4n) is 3.92. The molecule has 0 aromatic heterocycles. The van der Waals surface area contributed by atoms with Gasteiger partial charge in [0.15, 0.2) is 0 Å². The number of allylic oxidation sites excluding steroid dienone is 2. The minimum absolute atomic E-state index is 0.0798. The zero-order valence-corrected chi connectivity index (χ0v) is 21.0. The summed E-state index contributed by atoms with van der Waals surface area (Å²) in [5, 5.41) is 20.1. The van der Waals surface area contributed by atoms with Crippen LogP contribution >= 0.6 is 23.4 Å². The van der Waals surface area contributed by atoms with Crippen molar-refractivity contribution in [2.75, 3.05) is 16.4 Å². The van der Waals surface area contributed by atoms with Crippen molar-refractivity contribution in [3.8, 4) is 6.07 Å². The number of carbonyl (C=O) groups excluding carboxylic acids is 2. The van der Waals surface area contributed by atoms with Crippen LogP contribution in [0, 0.1) is 11.3 Å². The molecule has 8 heteroatoms. The second-order valence-electron chi connectivity index (χ2n) is 8.00. The molecule has 3 N–H and O–H groups in total. The van der Waals surface area contributed by atoms with Gasteiger partial charge in [0.2, 0.25) is 5.91 Å². The summed E-state index contributed by atoms with van der Waals surface area (Å²) < 4.78 is 0. The van der Waals surface area contributed by atoms with E-state index in [0.29, 0.717) is 43.8 Å². The molecule has 3 aromatic carbocycles. The second kappa shape index (κ2) is 11.6. The van der Waals surface area contributed by atoms with E-state index in [2.05, 4.69) is 22.0 Å². The Balaban J connectivity index is 1.65. The lowest BCUT2D eigenvalue weighted by Gasteiger charge is -2.30. The number of amides is 2. The maximum Gasteiger partial charge on any atom is 0.254 e. The molecule has 1 atom stereocenters. The van der Waals surface area contributed by atoms with E-state index in [1.807, 2.05) is 48.5 Å². The average Bonchev–Trinajstić information content (AvgIpc) is 2.88. The molecule has 0 spiro atoms. The Labute approximate surface area is 219 Å². The molecule has 6 nitrogen and oxygen atoms in total. The van der Waals surface area contributed by atoms with Crippen molar-refractivity contribution in [1.29, 1.82) is 5.26 Å². The Morgan fingerprint density at radius 1 is 0.944 bits per heavy atom. The summed E-state index contributed by atoms with van der Waals surface area (Å²) in [6, 6.07) is 27.7. The van der Waals surface area contributed by atoms with E-state index in [-0.39, 0.29) is 17.6 Å². The van der Waals surface area contributed by atoms with Gasteiger partial charge in [0, 0.05) is 27.7 Å². The van der Waals surface area contributed by atoms with Crippen LogP contribution in [0.3, 0.4) is 0 Å². The van der Waals surface area contributed by atoms with Gasteiger partial charge in [0.05, 0.1) is 28.3 Å². The number of thioether (sulfide) groups is 1. The molecular formula is C28H23ClN4O2S. The van der Waals surface area contributed by atoms with E-state index in [1.165, 1.54) is 11.8 Å². The van der Waals surface area contributed by atoms with Gasteiger partial charge in [-0.3, -0.25) is 9.59 Å². The van der Waals surface area contributed by atoms with Crippen LogP contribution in [0.4, 0.5) is 11.4 Å². The normalized spacial score (nSPS) is 15.1. The number of hydrogen-bond acceptors (Lipinski definition) is 5. The minimum Gasteiger partial charge on any atom is -0.353 e. The van der Waals surface area contributed by atoms with Crippen molar-refractivity contribution in [2.45, 2.75) is 12.8 Å². The molecule has 0 fully saturated rings. The molecule has 4 rings (SSSR count). The van der Waals surface area contributed by atoms with Crippen molar-refractivity contribution in [3.63, 3.8) is 0 Å². The number of rotatable bonds is 7. The van der Waals surface area contributed by atoms with Crippen LogP contribution in [0.15, 0.2) is 107 Å². The summed E-state index contributed by atoms with van der Waals surface area (Å²) in [6.45, 7) is 1.78. The first-order valence-electron chi connectivity index (χ1n) is 11.2. The maximum atomic E-state index is 13.5. The molecule has 1 aliphatic rings. The van der Waals surface area contributed by atoms with Crippen molar-refractivity contribution in [2.24, 2.45) is 0 Å². The average molecular weight is 515 g/mol. The highest BCUT2D eigenvalue weighted by molar-refractivity contribution is 8.03. The number of hydrogen-bond donors (Lipinski definition) is 3. The maximum absolute atomic E-state index is 13.5. The van der Waals surface area contributed by atoms with Gasteiger partial charge in [-0.2, -0.15) is 5.26 Å². The van der Waals surface area contributed by atoms with Gasteiger partial charge in [-0.15, -0.1) is 0 Å². The van der Waals surface area contributed by atoms with Crippen molar-refractivity contribution in [3.05, 3.63) is 117 Å². The first kappa shape index (κ1) is 25.1. The zero-order chi connectivity index (χ0) is 25.5. The van der Waals surface area contributed by atoms with Gasteiger partial charge in [-0.25, -0.2) is 0 Å². The van der Waals surface area contributed by atoms with Gasteiger partial charge in [0.1, 0.15) is 0 Å². The van der Waals surface area contributed by atoms with E-state index < -0.39 is 5.92 Å². The number of nitriles is 1. The lowest BCUT2D eigenvalue weighted by atomic mass is 9.82. The highest BCUT2D eigenvalue weighted by Crippen LogP contribution is 2.43. The van der Waals surface area contributed by atoms with Crippen LogP contribution in [-0.4, -0.2) is 17.6 Å². The standard InChI is InChI=1S/C28H23ClN4O2S/c1-18-25(27(35)33-20-12-6-3-7-13-20)26(21-14-8-9-15-23(21)29)22(16-30)28(31-18)36-17-24(34)32-19-10-4-2-5-11-19/h2-15,26,31H,17H2,1H3,(H,32,34)(H,33,35)/t26-/m1/s1. The van der Waals surface area contributed by atoms with Crippen molar-refractivity contribution < 1.29 is 9.59 Å². The number of benzene rings is 3. The fourth-order valence-corrected chi connectivity index (χ4v) is 5.06. The molecule has 3 aromatic rings. The first-order chi connectivity index (χ1) is 17.5. The Morgan fingerprint density at radius 2 is 1.53 bits per heavy atom. The molecule has 1 aliphatic heterocycles. The van der Waals surface area contributed by atoms with Crippen molar-refractivity contribution >= 4 is 46.6 Å². The molecule has 0 bridgehead atoms. The lowest BCUT2D eigenvalue weighted by molar-refractivity contribution is -0.114. The van der Waals surface area contributed by atoms with E-state index in [9.17, 15) is 14.9 Å². The summed E-state index contributed by atoms with van der Waals surface area (Å²) in [5.41, 5.74) is 3.27. The predicted molar refractivity (Wildman–Crippen MR) is 145 cm³/mol. The summed E-state index contributed by atoms with van der Waals surface area (Å²) in [4.78, 5) is 26.0. The van der Waals surface area contributed by atoms with Gasteiger partial charge in [-0.05, 0) is 42.8 Å². The third-order valence-corrected chi connectivity index (χ3v) is 6.91. The van der Waals surface area contributed by atoms with Gasteiger partial charge in [-0.1, -0.05) is 78.0 Å². The quantitative estimate of drug-likeness (QED) is 0.357. The second-order valence-corrected chi connectivity index (χ2v) is 9.39. The molecule has 0 radical (unpaired) electrons. The van der Waals surface area contributed by atoms with Crippen LogP contribution in [0.2, 0.25) is 5.02 Å². The number of dihydropyridines is 1. The van der Waals surface area contributed by atoms with E-state index in [4.69, 9.17) is 11.6 Å². The molecule has 0 saturated heterocycles. The number of halogens is 1. The number of para-hydroxylation sites is 2. The molecule has 1 heterocycles. The summed E-state index contributed by atoms with van der Waals surface area (Å²) in [6.07, 6.45) is 0. The Morgan fingerprint density at radius 3 is 2.14 bits per heavy atom. The van der Waals surface area contributed by atoms with Crippen molar-refractivity contribution in [1.82, 2.24) is 5.32 Å². The predicted octanol–water partition coefficient (Wildman–Crippen LogP) is 6.05. The Hall–Kier alpha value is -3.99. The molecule has 2 amide bonds. The Kier molecular flexibility index (Phi) is 8.11. The highest BCUT2D eigenvalue weighted by Gasteiger charge is 2.35. The van der Waals surface area contributed by atoms with Crippen LogP contribution in [-0.2, 0) is 9.59 Å². The molecule has 36 heavy (non-hydrogen) atoms. The number of nitrogens with one attached hydrogen (secondary N) is 3. The highest BCUT2D eigenvalue weighted by atomic mass is 35.5. The summed E-state index contributed by atoms with van der Waals surface area (Å²) >= 11 is 7.75.